The lowest BCUT2D eigenvalue weighted by atomic mass is 9.72. The molecule has 124 valence electrons. The van der Waals surface area contributed by atoms with Crippen LogP contribution in [0.2, 0.25) is 0 Å². The summed E-state index contributed by atoms with van der Waals surface area (Å²) in [6.45, 7) is 6.87. The Balaban J connectivity index is 1.93. The Hall–Kier alpha value is -2.12. The molecule has 1 atom stereocenters. The highest BCUT2D eigenvalue weighted by atomic mass is 32.1. The molecule has 0 saturated carbocycles. The van der Waals surface area contributed by atoms with Gasteiger partial charge in [-0.25, -0.2) is 4.99 Å². The fourth-order valence-corrected chi connectivity index (χ4v) is 4.46. The molecule has 0 fully saturated rings. The number of nitriles is 1. The smallest absolute Gasteiger partial charge is 0.134 e. The van der Waals surface area contributed by atoms with E-state index in [4.69, 9.17) is 0 Å². The summed E-state index contributed by atoms with van der Waals surface area (Å²) in [5.41, 5.74) is 2.86. The minimum Gasteiger partial charge on any atom is -0.507 e. The van der Waals surface area contributed by atoms with E-state index in [0.29, 0.717) is 17.0 Å². The van der Waals surface area contributed by atoms with Crippen LogP contribution < -0.4 is 0 Å². The molecule has 0 radical (unpaired) electrons. The lowest BCUT2D eigenvalue weighted by molar-refractivity contribution is 0.218. The van der Waals surface area contributed by atoms with Crippen LogP contribution >= 0.6 is 11.3 Å². The van der Waals surface area contributed by atoms with Crippen LogP contribution in [-0.4, -0.2) is 11.3 Å². The molecular formula is C20H22N2OS. The van der Waals surface area contributed by atoms with Crippen molar-refractivity contribution in [1.82, 2.24) is 0 Å². The summed E-state index contributed by atoms with van der Waals surface area (Å²) in [7, 11) is 0. The van der Waals surface area contributed by atoms with E-state index in [0.717, 1.165) is 24.3 Å². The van der Waals surface area contributed by atoms with Crippen LogP contribution in [0.3, 0.4) is 0 Å². The highest BCUT2D eigenvalue weighted by molar-refractivity contribution is 7.16. The van der Waals surface area contributed by atoms with Gasteiger partial charge in [-0.1, -0.05) is 32.9 Å². The quantitative estimate of drug-likeness (QED) is 0.763. The number of para-hydroxylation sites is 1. The van der Waals surface area contributed by atoms with Crippen molar-refractivity contribution < 1.29 is 5.11 Å². The summed E-state index contributed by atoms with van der Waals surface area (Å²) in [6.07, 6.45) is 4.77. The fraction of sp³-hybridized carbons (Fsp3) is 0.400. The van der Waals surface area contributed by atoms with Crippen molar-refractivity contribution in [3.8, 4) is 11.8 Å². The summed E-state index contributed by atoms with van der Waals surface area (Å²) in [6, 6.07) is 9.44. The molecule has 24 heavy (non-hydrogen) atoms. The van der Waals surface area contributed by atoms with Gasteiger partial charge in [0.05, 0.1) is 5.56 Å². The first-order chi connectivity index (χ1) is 11.4. The maximum atomic E-state index is 9.85. The van der Waals surface area contributed by atoms with Gasteiger partial charge in [0.25, 0.3) is 0 Å². The maximum absolute atomic E-state index is 9.85. The number of aliphatic imine (C=N–C) groups is 1. The predicted octanol–water partition coefficient (Wildman–Crippen LogP) is 5.23. The van der Waals surface area contributed by atoms with Gasteiger partial charge in [0.1, 0.15) is 16.8 Å². The standard InChI is InChI=1S/C20H22N2OS/c1-20(2,3)14-8-9-15-16(11-21)19(24-18(15)10-14)22-12-13-6-4-5-7-17(13)23/h4-7,12,14,23H,8-10H2,1-3H3/t14-/m1/s1. The van der Waals surface area contributed by atoms with Crippen molar-refractivity contribution in [3.63, 3.8) is 0 Å². The molecule has 0 amide bonds. The molecule has 3 nitrogen and oxygen atoms in total. The van der Waals surface area contributed by atoms with E-state index < -0.39 is 0 Å². The number of fused-ring (bicyclic) bond motifs is 1. The van der Waals surface area contributed by atoms with Gasteiger partial charge in [-0.15, -0.1) is 11.3 Å². The molecule has 0 bridgehead atoms. The Bertz CT molecular complexity index is 821. The zero-order chi connectivity index (χ0) is 17.3. The molecule has 4 heteroatoms. The average Bonchev–Trinajstić information content (AvgIpc) is 2.89. The molecule has 1 aliphatic rings. The van der Waals surface area contributed by atoms with Crippen LogP contribution in [0.25, 0.3) is 0 Å². The number of hydrogen-bond acceptors (Lipinski definition) is 4. The van der Waals surface area contributed by atoms with Gasteiger partial charge in [-0.3, -0.25) is 0 Å². The normalized spacial score (nSPS) is 17.7. The van der Waals surface area contributed by atoms with Crippen molar-refractivity contribution in [2.75, 3.05) is 0 Å². The van der Waals surface area contributed by atoms with Crippen molar-refractivity contribution >= 4 is 22.6 Å². The molecule has 0 saturated heterocycles. The molecule has 0 unspecified atom stereocenters. The second kappa shape index (κ2) is 6.41. The Morgan fingerprint density at radius 3 is 2.75 bits per heavy atom. The Morgan fingerprint density at radius 1 is 1.33 bits per heavy atom. The van der Waals surface area contributed by atoms with E-state index in [2.05, 4.69) is 31.8 Å². The number of thiophene rings is 1. The number of phenolic OH excluding ortho intramolecular Hbond substituents is 1. The molecule has 3 rings (SSSR count). The lowest BCUT2D eigenvalue weighted by Gasteiger charge is -2.33. The number of rotatable bonds is 2. The van der Waals surface area contributed by atoms with Crippen molar-refractivity contribution in [3.05, 3.63) is 45.8 Å². The van der Waals surface area contributed by atoms with E-state index in [1.165, 1.54) is 10.4 Å². The van der Waals surface area contributed by atoms with Crippen LogP contribution in [-0.2, 0) is 12.8 Å². The molecule has 2 aromatic rings. The Kier molecular flexibility index (Phi) is 4.47. The summed E-state index contributed by atoms with van der Waals surface area (Å²) >= 11 is 1.63. The van der Waals surface area contributed by atoms with Crippen LogP contribution in [0.15, 0.2) is 29.3 Å². The van der Waals surface area contributed by atoms with Crippen molar-refractivity contribution in [2.45, 2.75) is 40.0 Å². The van der Waals surface area contributed by atoms with E-state index in [-0.39, 0.29) is 11.2 Å². The van der Waals surface area contributed by atoms with Gasteiger partial charge in [0, 0.05) is 16.7 Å². The average molecular weight is 338 g/mol. The number of benzene rings is 1. The first kappa shape index (κ1) is 16.7. The minimum absolute atomic E-state index is 0.203. The number of phenols is 1. The molecule has 0 spiro atoms. The predicted molar refractivity (Wildman–Crippen MR) is 99.4 cm³/mol. The summed E-state index contributed by atoms with van der Waals surface area (Å²) in [5, 5.41) is 20.2. The lowest BCUT2D eigenvalue weighted by Crippen LogP contribution is -2.26. The number of aromatic hydroxyl groups is 1. The molecule has 1 N–H and O–H groups in total. The molecule has 0 aliphatic heterocycles. The van der Waals surface area contributed by atoms with E-state index in [1.54, 1.807) is 29.7 Å². The van der Waals surface area contributed by atoms with Gasteiger partial charge < -0.3 is 5.11 Å². The highest BCUT2D eigenvalue weighted by Crippen LogP contribution is 2.44. The van der Waals surface area contributed by atoms with Crippen molar-refractivity contribution in [1.29, 1.82) is 5.26 Å². The Morgan fingerprint density at radius 2 is 2.08 bits per heavy atom. The van der Waals surface area contributed by atoms with Crippen LogP contribution in [0.5, 0.6) is 5.75 Å². The van der Waals surface area contributed by atoms with E-state index >= 15 is 0 Å². The van der Waals surface area contributed by atoms with Crippen LogP contribution in [0, 0.1) is 22.7 Å². The molecule has 1 heterocycles. The third-order valence-corrected chi connectivity index (χ3v) is 6.00. The summed E-state index contributed by atoms with van der Waals surface area (Å²) in [4.78, 5) is 5.82. The third kappa shape index (κ3) is 3.22. The van der Waals surface area contributed by atoms with Gasteiger partial charge in [-0.2, -0.15) is 5.26 Å². The zero-order valence-electron chi connectivity index (χ0n) is 14.3. The third-order valence-electron chi connectivity index (χ3n) is 4.84. The summed E-state index contributed by atoms with van der Waals surface area (Å²) in [5.74, 6) is 0.846. The highest BCUT2D eigenvalue weighted by Gasteiger charge is 2.32. The fourth-order valence-electron chi connectivity index (χ4n) is 3.24. The van der Waals surface area contributed by atoms with Crippen molar-refractivity contribution in [2.24, 2.45) is 16.3 Å². The Labute approximate surface area is 147 Å². The second-order valence-corrected chi connectivity index (χ2v) is 8.50. The van der Waals surface area contributed by atoms with Gasteiger partial charge >= 0.3 is 0 Å². The first-order valence-corrected chi connectivity index (χ1v) is 9.08. The monoisotopic (exact) mass is 338 g/mol. The first-order valence-electron chi connectivity index (χ1n) is 8.27. The second-order valence-electron chi connectivity index (χ2n) is 7.42. The topological polar surface area (TPSA) is 56.4 Å². The van der Waals surface area contributed by atoms with E-state index in [1.807, 2.05) is 12.1 Å². The molecule has 1 aromatic carbocycles. The van der Waals surface area contributed by atoms with Crippen LogP contribution in [0.1, 0.15) is 48.8 Å². The zero-order valence-corrected chi connectivity index (χ0v) is 15.2. The SMILES string of the molecule is CC(C)(C)[C@@H]1CCc2c(sc(N=Cc3ccccc3O)c2C#N)C1. The van der Waals surface area contributed by atoms with Gasteiger partial charge in [0.15, 0.2) is 0 Å². The van der Waals surface area contributed by atoms with E-state index in [9.17, 15) is 10.4 Å². The van der Waals surface area contributed by atoms with Gasteiger partial charge in [0.2, 0.25) is 0 Å². The summed E-state index contributed by atoms with van der Waals surface area (Å²) < 4.78 is 0. The largest absolute Gasteiger partial charge is 0.507 e. The molecule has 1 aromatic heterocycles. The number of nitrogens with zero attached hydrogens (tertiary/aromatic N) is 2. The number of hydrogen-bond donors (Lipinski definition) is 1. The van der Waals surface area contributed by atoms with Crippen LogP contribution in [0.4, 0.5) is 5.00 Å². The van der Waals surface area contributed by atoms with Gasteiger partial charge in [-0.05, 0) is 48.3 Å². The molecular weight excluding hydrogens is 316 g/mol. The minimum atomic E-state index is 0.203. The maximum Gasteiger partial charge on any atom is 0.134 e. The molecule has 1 aliphatic carbocycles.